The van der Waals surface area contributed by atoms with E-state index in [-0.39, 0.29) is 5.92 Å². The minimum atomic E-state index is -3.35. The minimum absolute atomic E-state index is 0.232. The van der Waals surface area contributed by atoms with Crippen molar-refractivity contribution in [2.75, 3.05) is 27.2 Å². The van der Waals surface area contributed by atoms with Crippen molar-refractivity contribution >= 4 is 10.2 Å². The highest BCUT2D eigenvalue weighted by Gasteiger charge is 2.33. The van der Waals surface area contributed by atoms with Crippen LogP contribution in [0.2, 0.25) is 0 Å². The van der Waals surface area contributed by atoms with Gasteiger partial charge in [0.2, 0.25) is 0 Å². The van der Waals surface area contributed by atoms with E-state index in [2.05, 4.69) is 20.2 Å². The molecule has 2 aromatic rings. The van der Waals surface area contributed by atoms with Crippen LogP contribution in [0.1, 0.15) is 17.8 Å². The summed E-state index contributed by atoms with van der Waals surface area (Å²) in [6.07, 6.45) is 4.83. The lowest BCUT2D eigenvalue weighted by atomic mass is 10.0. The monoisotopic (exact) mass is 350 g/mol. The summed E-state index contributed by atoms with van der Waals surface area (Å²) in [6.45, 7) is 2.99. The molecule has 1 saturated heterocycles. The highest BCUT2D eigenvalue weighted by molar-refractivity contribution is 7.86. The molecule has 130 valence electrons. The Morgan fingerprint density at radius 2 is 2.08 bits per heavy atom. The Morgan fingerprint density at radius 3 is 2.75 bits per heavy atom. The second kappa shape index (κ2) is 6.58. The number of hydrogen-bond donors (Lipinski definition) is 1. The molecule has 2 aromatic heterocycles. The van der Waals surface area contributed by atoms with E-state index in [0.717, 1.165) is 29.2 Å². The molecular formula is C15H22N6O2S. The Morgan fingerprint density at radius 1 is 1.33 bits per heavy atom. The van der Waals surface area contributed by atoms with Crippen LogP contribution in [0.15, 0.2) is 18.5 Å². The lowest BCUT2D eigenvalue weighted by Gasteiger charge is -2.20. The molecule has 0 radical (unpaired) electrons. The number of aromatic amines is 1. The maximum absolute atomic E-state index is 12.2. The van der Waals surface area contributed by atoms with Crippen LogP contribution >= 0.6 is 0 Å². The smallest absolute Gasteiger partial charge is 0.281 e. The van der Waals surface area contributed by atoms with Crippen molar-refractivity contribution in [1.82, 2.24) is 28.8 Å². The molecule has 1 atom stereocenters. The van der Waals surface area contributed by atoms with Gasteiger partial charge < -0.3 is 0 Å². The molecule has 3 rings (SSSR count). The molecule has 1 aliphatic rings. The van der Waals surface area contributed by atoms with Crippen LogP contribution in [0, 0.1) is 12.8 Å². The predicted molar refractivity (Wildman–Crippen MR) is 90.3 cm³/mol. The van der Waals surface area contributed by atoms with Crippen molar-refractivity contribution in [1.29, 1.82) is 0 Å². The number of rotatable bonds is 5. The first-order valence-electron chi connectivity index (χ1n) is 7.88. The zero-order valence-electron chi connectivity index (χ0n) is 14.1. The first-order chi connectivity index (χ1) is 11.4. The third kappa shape index (κ3) is 3.33. The number of aryl methyl sites for hydroxylation is 1. The van der Waals surface area contributed by atoms with Gasteiger partial charge in [-0.1, -0.05) is 0 Å². The predicted octanol–water partition coefficient (Wildman–Crippen LogP) is 0.846. The van der Waals surface area contributed by atoms with Crippen LogP contribution in [0.3, 0.4) is 0 Å². The summed E-state index contributed by atoms with van der Waals surface area (Å²) >= 11 is 0. The maximum atomic E-state index is 12.2. The van der Waals surface area contributed by atoms with E-state index in [1.165, 1.54) is 8.61 Å². The van der Waals surface area contributed by atoms with E-state index in [1.807, 2.05) is 13.0 Å². The second-order valence-corrected chi connectivity index (χ2v) is 8.44. The molecule has 0 saturated carbocycles. The van der Waals surface area contributed by atoms with E-state index in [4.69, 9.17) is 0 Å². The van der Waals surface area contributed by atoms with E-state index in [9.17, 15) is 8.42 Å². The fourth-order valence-corrected chi connectivity index (χ4v) is 4.14. The van der Waals surface area contributed by atoms with Crippen LogP contribution in [0.5, 0.6) is 0 Å². The Hall–Kier alpha value is -1.84. The Balaban J connectivity index is 1.77. The van der Waals surface area contributed by atoms with Crippen molar-refractivity contribution in [3.63, 3.8) is 0 Å². The number of nitrogens with zero attached hydrogens (tertiary/aromatic N) is 5. The van der Waals surface area contributed by atoms with Gasteiger partial charge in [0.25, 0.3) is 10.2 Å². The molecule has 8 nitrogen and oxygen atoms in total. The number of nitrogens with one attached hydrogen (secondary N) is 1. The van der Waals surface area contributed by atoms with E-state index in [1.54, 1.807) is 26.5 Å². The van der Waals surface area contributed by atoms with Gasteiger partial charge in [-0.05, 0) is 31.7 Å². The number of H-pyrrole nitrogens is 1. The average Bonchev–Trinajstić information content (AvgIpc) is 3.17. The summed E-state index contributed by atoms with van der Waals surface area (Å²) in [4.78, 5) is 8.87. The quantitative estimate of drug-likeness (QED) is 0.862. The normalized spacial score (nSPS) is 19.2. The molecule has 1 aliphatic heterocycles. The van der Waals surface area contributed by atoms with Crippen molar-refractivity contribution in [2.24, 2.45) is 5.92 Å². The van der Waals surface area contributed by atoms with Gasteiger partial charge in [0, 0.05) is 45.3 Å². The van der Waals surface area contributed by atoms with Gasteiger partial charge in [0.1, 0.15) is 11.4 Å². The fourth-order valence-electron chi connectivity index (χ4n) is 2.95. The lowest BCUT2D eigenvalue weighted by Crippen LogP contribution is -2.38. The molecule has 3 heterocycles. The van der Waals surface area contributed by atoms with Crippen molar-refractivity contribution in [3.8, 4) is 11.4 Å². The number of hydrogen-bond acceptors (Lipinski definition) is 5. The zero-order valence-corrected chi connectivity index (χ0v) is 14.9. The van der Waals surface area contributed by atoms with Gasteiger partial charge in [0.05, 0.1) is 5.69 Å². The van der Waals surface area contributed by atoms with Crippen molar-refractivity contribution < 1.29 is 8.42 Å². The van der Waals surface area contributed by atoms with Crippen molar-refractivity contribution in [3.05, 3.63) is 29.8 Å². The van der Waals surface area contributed by atoms with Gasteiger partial charge in [-0.25, -0.2) is 0 Å². The molecule has 0 bridgehead atoms. The topological polar surface area (TPSA) is 95.1 Å². The molecule has 1 fully saturated rings. The standard InChI is InChI=1S/C15H22N6O2S/c1-11-8-14(19-18-11)15-13(16-5-6-17-15)9-12-4-7-21(10-12)24(22,23)20(2)3/h5-6,8,12H,4,7,9-10H2,1-3H3,(H,18,19). The third-order valence-electron chi connectivity index (χ3n) is 4.24. The summed E-state index contributed by atoms with van der Waals surface area (Å²) in [5.74, 6) is 0.232. The molecule has 1 unspecified atom stereocenters. The average molecular weight is 350 g/mol. The van der Waals surface area contributed by atoms with E-state index in [0.29, 0.717) is 19.5 Å². The lowest BCUT2D eigenvalue weighted by molar-refractivity contribution is 0.409. The summed E-state index contributed by atoms with van der Waals surface area (Å²) in [5.41, 5.74) is 3.35. The minimum Gasteiger partial charge on any atom is -0.282 e. The molecule has 24 heavy (non-hydrogen) atoms. The van der Waals surface area contributed by atoms with Crippen LogP contribution in [0.25, 0.3) is 11.4 Å². The summed E-state index contributed by atoms with van der Waals surface area (Å²) in [7, 11) is -0.230. The summed E-state index contributed by atoms with van der Waals surface area (Å²) in [5, 5.41) is 7.17. The first-order valence-corrected chi connectivity index (χ1v) is 9.27. The maximum Gasteiger partial charge on any atom is 0.281 e. The highest BCUT2D eigenvalue weighted by Crippen LogP contribution is 2.26. The molecule has 0 spiro atoms. The molecule has 9 heteroatoms. The molecular weight excluding hydrogens is 328 g/mol. The van der Waals surface area contributed by atoms with E-state index >= 15 is 0 Å². The number of aromatic nitrogens is 4. The second-order valence-electron chi connectivity index (χ2n) is 6.29. The van der Waals surface area contributed by atoms with Crippen LogP contribution in [-0.4, -0.2) is 64.4 Å². The SMILES string of the molecule is Cc1cc(-c2nccnc2CC2CCN(S(=O)(=O)N(C)C)C2)n[nH]1. The fraction of sp³-hybridized carbons (Fsp3) is 0.533. The third-order valence-corrected chi connectivity index (χ3v) is 6.15. The van der Waals surface area contributed by atoms with Gasteiger partial charge in [-0.15, -0.1) is 0 Å². The largest absolute Gasteiger partial charge is 0.282 e. The molecule has 0 amide bonds. The Labute approximate surface area is 142 Å². The van der Waals surface area contributed by atoms with Crippen molar-refractivity contribution in [2.45, 2.75) is 19.8 Å². The van der Waals surface area contributed by atoms with Gasteiger partial charge in [-0.2, -0.15) is 22.1 Å². The highest BCUT2D eigenvalue weighted by atomic mass is 32.2. The summed E-state index contributed by atoms with van der Waals surface area (Å²) in [6, 6.07) is 1.94. The summed E-state index contributed by atoms with van der Waals surface area (Å²) < 4.78 is 27.3. The van der Waals surface area contributed by atoms with E-state index < -0.39 is 10.2 Å². The zero-order chi connectivity index (χ0) is 17.3. The molecule has 1 N–H and O–H groups in total. The molecule has 0 aromatic carbocycles. The van der Waals surface area contributed by atoms with Crippen LogP contribution in [0.4, 0.5) is 0 Å². The van der Waals surface area contributed by atoms with Gasteiger partial charge in [-0.3, -0.25) is 15.1 Å². The Bertz CT molecular complexity index is 817. The van der Waals surface area contributed by atoms with Gasteiger partial charge in [0.15, 0.2) is 0 Å². The first kappa shape index (κ1) is 17.0. The van der Waals surface area contributed by atoms with Crippen LogP contribution in [-0.2, 0) is 16.6 Å². The van der Waals surface area contributed by atoms with Crippen LogP contribution < -0.4 is 0 Å². The Kier molecular flexibility index (Phi) is 4.66. The molecule has 0 aliphatic carbocycles. The van der Waals surface area contributed by atoms with Gasteiger partial charge >= 0.3 is 0 Å².